The summed E-state index contributed by atoms with van der Waals surface area (Å²) in [7, 11) is 1.67. The maximum atomic E-state index is 12.4. The van der Waals surface area contributed by atoms with Gasteiger partial charge in [0.1, 0.15) is 11.5 Å². The highest BCUT2D eigenvalue weighted by Crippen LogP contribution is 2.20. The summed E-state index contributed by atoms with van der Waals surface area (Å²) in [6.45, 7) is 2.62. The maximum absolute atomic E-state index is 12.4. The molecule has 1 aliphatic rings. The van der Waals surface area contributed by atoms with Crippen LogP contribution in [0.1, 0.15) is 27.7 Å². The number of benzene rings is 2. The van der Waals surface area contributed by atoms with E-state index >= 15 is 0 Å². The molecule has 1 amide bonds. The molecule has 2 aromatic carbocycles. The third-order valence-electron chi connectivity index (χ3n) is 4.89. The lowest BCUT2D eigenvalue weighted by Crippen LogP contribution is -2.26. The summed E-state index contributed by atoms with van der Waals surface area (Å²) >= 11 is 0. The molecule has 3 aromatic rings. The number of oxazole rings is 1. The topological polar surface area (TPSA) is 67.6 Å². The van der Waals surface area contributed by atoms with Gasteiger partial charge in [0.25, 0.3) is 5.89 Å². The lowest BCUT2D eigenvalue weighted by atomic mass is 10.2. The summed E-state index contributed by atoms with van der Waals surface area (Å²) in [5.41, 5.74) is 2.86. The van der Waals surface area contributed by atoms with Gasteiger partial charge in [-0.1, -0.05) is 30.3 Å². The number of nitrogens with zero attached hydrogens (tertiary/aromatic N) is 2. The minimum absolute atomic E-state index is 0.137. The first kappa shape index (κ1) is 18.3. The number of hydrogen-bond acceptors (Lipinski definition) is 5. The van der Waals surface area contributed by atoms with E-state index in [1.54, 1.807) is 7.11 Å². The fourth-order valence-electron chi connectivity index (χ4n) is 3.36. The normalized spacial score (nSPS) is 14.2. The van der Waals surface area contributed by atoms with E-state index in [1.165, 1.54) is 5.56 Å². The zero-order chi connectivity index (χ0) is 19.3. The third-order valence-corrected chi connectivity index (χ3v) is 4.89. The van der Waals surface area contributed by atoms with Crippen LogP contribution in [0.4, 0.5) is 5.69 Å². The van der Waals surface area contributed by atoms with Crippen LogP contribution < -0.4 is 10.1 Å². The number of fused-ring (bicyclic) bond motifs is 1. The van der Waals surface area contributed by atoms with E-state index < -0.39 is 0 Å². The largest absolute Gasteiger partial charge is 0.497 e. The zero-order valence-corrected chi connectivity index (χ0v) is 15.9. The molecule has 1 aliphatic heterocycles. The molecule has 2 heterocycles. The van der Waals surface area contributed by atoms with Gasteiger partial charge in [-0.05, 0) is 29.8 Å². The molecule has 0 saturated carbocycles. The van der Waals surface area contributed by atoms with Crippen molar-refractivity contribution in [1.82, 2.24) is 9.88 Å². The minimum atomic E-state index is -0.311. The average molecular weight is 377 g/mol. The number of methoxy groups -OCH3 is 1. The molecule has 1 aromatic heterocycles. The number of anilines is 1. The molecule has 28 heavy (non-hydrogen) atoms. The second kappa shape index (κ2) is 8.27. The molecule has 0 unspecified atom stereocenters. The zero-order valence-electron chi connectivity index (χ0n) is 15.9. The van der Waals surface area contributed by atoms with Crippen LogP contribution in [0.3, 0.4) is 0 Å². The number of nitrogens with one attached hydrogen (secondary N) is 1. The number of rotatable bonds is 5. The summed E-state index contributed by atoms with van der Waals surface area (Å²) in [6.07, 6.45) is 1.52. The first-order valence-electron chi connectivity index (χ1n) is 9.41. The van der Waals surface area contributed by atoms with Gasteiger partial charge >= 0.3 is 5.91 Å². The molecular formula is C22H23N3O3. The Kier molecular flexibility index (Phi) is 5.39. The van der Waals surface area contributed by atoms with Crippen molar-refractivity contribution in [3.8, 4) is 5.75 Å². The van der Waals surface area contributed by atoms with Crippen molar-refractivity contribution < 1.29 is 13.9 Å². The highest BCUT2D eigenvalue weighted by molar-refractivity contribution is 6.00. The van der Waals surface area contributed by atoms with Gasteiger partial charge in [0.05, 0.1) is 12.8 Å². The van der Waals surface area contributed by atoms with Crippen molar-refractivity contribution in [2.24, 2.45) is 0 Å². The van der Waals surface area contributed by atoms with Crippen LogP contribution in [0.25, 0.3) is 0 Å². The summed E-state index contributed by atoms with van der Waals surface area (Å²) in [4.78, 5) is 19.2. The van der Waals surface area contributed by atoms with Crippen LogP contribution in [-0.2, 0) is 19.4 Å². The molecular weight excluding hydrogens is 354 g/mol. The predicted octanol–water partition coefficient (Wildman–Crippen LogP) is 3.54. The lowest BCUT2D eigenvalue weighted by Gasteiger charge is -2.19. The van der Waals surface area contributed by atoms with E-state index in [1.807, 2.05) is 42.5 Å². The summed E-state index contributed by atoms with van der Waals surface area (Å²) in [5.74, 6) is 1.51. The first-order valence-corrected chi connectivity index (χ1v) is 9.41. The van der Waals surface area contributed by atoms with E-state index in [9.17, 15) is 4.79 Å². The van der Waals surface area contributed by atoms with Crippen LogP contribution in [-0.4, -0.2) is 36.0 Å². The standard InChI is InChI=1S/C22H23N3O3/c1-27-18-9-7-16(8-10-18)15-25-13-11-19-20(12-14-25)28-22(24-19)21(26)23-17-5-3-2-4-6-17/h2-10H,11-15H2,1H3,(H,23,26). The van der Waals surface area contributed by atoms with Crippen molar-refractivity contribution in [2.45, 2.75) is 19.4 Å². The Morgan fingerprint density at radius 2 is 1.86 bits per heavy atom. The highest BCUT2D eigenvalue weighted by atomic mass is 16.5. The van der Waals surface area contributed by atoms with Crippen LogP contribution in [0.2, 0.25) is 0 Å². The van der Waals surface area contributed by atoms with Crippen molar-refractivity contribution in [2.75, 3.05) is 25.5 Å². The van der Waals surface area contributed by atoms with Crippen molar-refractivity contribution in [1.29, 1.82) is 0 Å². The minimum Gasteiger partial charge on any atom is -0.497 e. The van der Waals surface area contributed by atoms with Gasteiger partial charge in [-0.3, -0.25) is 9.69 Å². The smallest absolute Gasteiger partial charge is 0.311 e. The second-order valence-corrected chi connectivity index (χ2v) is 6.83. The number of carbonyl (C=O) groups excluding carboxylic acids is 1. The number of carbonyl (C=O) groups is 1. The Hall–Kier alpha value is -3.12. The van der Waals surface area contributed by atoms with Gasteiger partial charge in [-0.2, -0.15) is 0 Å². The highest BCUT2D eigenvalue weighted by Gasteiger charge is 2.23. The van der Waals surface area contributed by atoms with E-state index in [-0.39, 0.29) is 11.8 Å². The fourth-order valence-corrected chi connectivity index (χ4v) is 3.36. The van der Waals surface area contributed by atoms with E-state index in [2.05, 4.69) is 27.3 Å². The number of para-hydroxylation sites is 1. The molecule has 6 heteroatoms. The SMILES string of the molecule is COc1ccc(CN2CCc3nc(C(=O)Nc4ccccc4)oc3CC2)cc1. The van der Waals surface area contributed by atoms with Crippen LogP contribution in [0, 0.1) is 0 Å². The Morgan fingerprint density at radius 1 is 1.11 bits per heavy atom. The third kappa shape index (κ3) is 4.23. The van der Waals surface area contributed by atoms with Crippen molar-refractivity contribution in [3.63, 3.8) is 0 Å². The van der Waals surface area contributed by atoms with E-state index in [0.717, 1.165) is 55.4 Å². The van der Waals surface area contributed by atoms with Crippen molar-refractivity contribution >= 4 is 11.6 Å². The molecule has 0 aliphatic carbocycles. The lowest BCUT2D eigenvalue weighted by molar-refractivity contribution is 0.0988. The van der Waals surface area contributed by atoms with Gasteiger partial charge in [0.15, 0.2) is 0 Å². The molecule has 0 spiro atoms. The Morgan fingerprint density at radius 3 is 2.61 bits per heavy atom. The number of amides is 1. The Bertz CT molecular complexity index is 910. The average Bonchev–Trinajstić information content (AvgIpc) is 3.06. The molecule has 0 radical (unpaired) electrons. The molecule has 0 saturated heterocycles. The summed E-state index contributed by atoms with van der Waals surface area (Å²) in [6, 6.07) is 17.5. The van der Waals surface area contributed by atoms with Crippen LogP contribution in [0.5, 0.6) is 5.75 Å². The number of ether oxygens (including phenoxy) is 1. The predicted molar refractivity (Wildman–Crippen MR) is 107 cm³/mol. The fraction of sp³-hybridized carbons (Fsp3) is 0.273. The molecule has 0 atom stereocenters. The van der Waals surface area contributed by atoms with Crippen LogP contribution in [0.15, 0.2) is 59.0 Å². The molecule has 4 rings (SSSR count). The second-order valence-electron chi connectivity index (χ2n) is 6.83. The Labute approximate surface area is 164 Å². The molecule has 6 nitrogen and oxygen atoms in total. The van der Waals surface area contributed by atoms with E-state index in [0.29, 0.717) is 0 Å². The summed E-state index contributed by atoms with van der Waals surface area (Å²) < 4.78 is 11.0. The van der Waals surface area contributed by atoms with Gasteiger partial charge in [-0.25, -0.2) is 4.98 Å². The quantitative estimate of drug-likeness (QED) is 0.737. The van der Waals surface area contributed by atoms with Gasteiger partial charge < -0.3 is 14.5 Å². The molecule has 144 valence electrons. The Balaban J connectivity index is 1.37. The maximum Gasteiger partial charge on any atom is 0.311 e. The number of hydrogen-bond donors (Lipinski definition) is 1. The molecule has 0 bridgehead atoms. The first-order chi connectivity index (χ1) is 13.7. The van der Waals surface area contributed by atoms with Crippen molar-refractivity contribution in [3.05, 3.63) is 77.5 Å². The van der Waals surface area contributed by atoms with Gasteiger partial charge in [0, 0.05) is 38.2 Å². The summed E-state index contributed by atoms with van der Waals surface area (Å²) in [5, 5.41) is 2.82. The van der Waals surface area contributed by atoms with E-state index in [4.69, 9.17) is 9.15 Å². The van der Waals surface area contributed by atoms with Crippen LogP contribution >= 0.6 is 0 Å². The van der Waals surface area contributed by atoms with Gasteiger partial charge in [-0.15, -0.1) is 0 Å². The monoisotopic (exact) mass is 377 g/mol. The van der Waals surface area contributed by atoms with Gasteiger partial charge in [0.2, 0.25) is 0 Å². The molecule has 1 N–H and O–H groups in total. The number of aromatic nitrogens is 1. The molecule has 0 fully saturated rings.